The lowest BCUT2D eigenvalue weighted by Crippen LogP contribution is -1.91. The molecule has 0 fully saturated rings. The van der Waals surface area contributed by atoms with Crippen LogP contribution in [0.4, 0.5) is 0 Å². The molecule has 42 valence electrons. The first-order chi connectivity index (χ1) is 3.31. The average molecular weight is 184 g/mol. The van der Waals surface area contributed by atoms with E-state index < -0.39 is 0 Å². The van der Waals surface area contributed by atoms with E-state index in [-0.39, 0.29) is 0 Å². The van der Waals surface area contributed by atoms with Crippen LogP contribution in [0.1, 0.15) is 0 Å². The summed E-state index contributed by atoms with van der Waals surface area (Å²) in [6.45, 7) is 0. The van der Waals surface area contributed by atoms with Gasteiger partial charge in [0.1, 0.15) is 0 Å². The second kappa shape index (κ2) is 4.49. The number of hydrogen-bond donors (Lipinski definition) is 2. The lowest BCUT2D eigenvalue weighted by Gasteiger charge is -1.86. The lowest BCUT2D eigenvalue weighted by atomic mass is 11.0. The first-order valence-corrected chi connectivity index (χ1v) is 3.22. The highest BCUT2D eigenvalue weighted by molar-refractivity contribution is 9.13. The van der Waals surface area contributed by atoms with E-state index in [0.717, 1.165) is 0 Å². The number of hydrogen-bond acceptors (Lipinski definition) is 3. The Balaban J connectivity index is 3.29. The molecule has 0 aliphatic carbocycles. The van der Waals surface area contributed by atoms with Crippen molar-refractivity contribution in [2.45, 2.75) is 0 Å². The Bertz CT molecular complexity index is 75.3. The molecule has 0 saturated heterocycles. The van der Waals surface area contributed by atoms with E-state index in [2.05, 4.69) is 21.2 Å². The van der Waals surface area contributed by atoms with Crippen molar-refractivity contribution < 1.29 is 4.55 Å². The maximum absolute atomic E-state index is 8.23. The lowest BCUT2D eigenvalue weighted by molar-refractivity contribution is 0.670. The SMILES string of the molecule is CN/C=C(/Br)SO. The minimum atomic E-state index is 0.665. The third-order valence-corrected chi connectivity index (χ3v) is 1.30. The Morgan fingerprint density at radius 2 is 2.57 bits per heavy atom. The molecule has 0 aromatic carbocycles. The van der Waals surface area contributed by atoms with E-state index in [1.807, 2.05) is 0 Å². The summed E-state index contributed by atoms with van der Waals surface area (Å²) in [5.41, 5.74) is 0. The van der Waals surface area contributed by atoms with Gasteiger partial charge in [-0.15, -0.1) is 0 Å². The van der Waals surface area contributed by atoms with Gasteiger partial charge in [-0.05, 0) is 15.9 Å². The van der Waals surface area contributed by atoms with Gasteiger partial charge >= 0.3 is 0 Å². The standard InChI is InChI=1S/C3H6BrNOS/c1-5-2-3(4)7-6/h2,5-6H,1H3/b3-2-. The van der Waals surface area contributed by atoms with Crippen LogP contribution < -0.4 is 5.32 Å². The van der Waals surface area contributed by atoms with Crippen molar-refractivity contribution in [2.75, 3.05) is 7.05 Å². The van der Waals surface area contributed by atoms with Crippen molar-refractivity contribution in [3.05, 3.63) is 10.0 Å². The predicted octanol–water partition coefficient (Wildman–Crippen LogP) is 1.61. The molecule has 2 nitrogen and oxygen atoms in total. The minimum Gasteiger partial charge on any atom is -0.393 e. The highest BCUT2D eigenvalue weighted by Crippen LogP contribution is 2.15. The highest BCUT2D eigenvalue weighted by Gasteiger charge is 1.82. The third-order valence-electron chi connectivity index (χ3n) is 0.345. The first kappa shape index (κ1) is 7.33. The van der Waals surface area contributed by atoms with Crippen molar-refractivity contribution in [2.24, 2.45) is 0 Å². The van der Waals surface area contributed by atoms with Crippen molar-refractivity contribution >= 4 is 28.0 Å². The largest absolute Gasteiger partial charge is 0.393 e. The fourth-order valence-electron chi connectivity index (χ4n) is 0.140. The van der Waals surface area contributed by atoms with Gasteiger partial charge in [-0.1, -0.05) is 0 Å². The smallest absolute Gasteiger partial charge is 0.0935 e. The fraction of sp³-hybridized carbons (Fsp3) is 0.333. The summed E-state index contributed by atoms with van der Waals surface area (Å²) < 4.78 is 8.90. The molecule has 0 bridgehead atoms. The van der Waals surface area contributed by atoms with Gasteiger partial charge in [0.15, 0.2) is 0 Å². The van der Waals surface area contributed by atoms with Gasteiger partial charge in [0, 0.05) is 25.3 Å². The van der Waals surface area contributed by atoms with Crippen molar-refractivity contribution in [3.63, 3.8) is 0 Å². The molecular weight excluding hydrogens is 178 g/mol. The molecule has 0 unspecified atom stereocenters. The maximum atomic E-state index is 8.23. The Morgan fingerprint density at radius 3 is 2.71 bits per heavy atom. The van der Waals surface area contributed by atoms with E-state index in [1.54, 1.807) is 13.2 Å². The molecule has 0 aromatic rings. The first-order valence-electron chi connectivity index (χ1n) is 1.65. The zero-order chi connectivity index (χ0) is 5.70. The summed E-state index contributed by atoms with van der Waals surface area (Å²) in [7, 11) is 1.76. The minimum absolute atomic E-state index is 0.665. The van der Waals surface area contributed by atoms with Crippen LogP contribution in [0, 0.1) is 0 Å². The van der Waals surface area contributed by atoms with Crippen LogP contribution in [0.5, 0.6) is 0 Å². The monoisotopic (exact) mass is 183 g/mol. The summed E-state index contributed by atoms with van der Waals surface area (Å²) in [6, 6.07) is 0. The molecule has 0 spiro atoms. The zero-order valence-electron chi connectivity index (χ0n) is 3.81. The van der Waals surface area contributed by atoms with E-state index in [4.69, 9.17) is 4.55 Å². The number of rotatable bonds is 2. The molecular formula is C3H6BrNOS. The third kappa shape index (κ3) is 4.18. The maximum Gasteiger partial charge on any atom is 0.0935 e. The van der Waals surface area contributed by atoms with Crippen LogP contribution in [0.2, 0.25) is 0 Å². The summed E-state index contributed by atoms with van der Waals surface area (Å²) in [4.78, 5) is 0. The van der Waals surface area contributed by atoms with Crippen LogP contribution in [0.15, 0.2) is 10.0 Å². The second-order valence-corrected chi connectivity index (χ2v) is 2.83. The highest BCUT2D eigenvalue weighted by atomic mass is 79.9. The van der Waals surface area contributed by atoms with Crippen LogP contribution in [-0.2, 0) is 0 Å². The van der Waals surface area contributed by atoms with Gasteiger partial charge in [-0.25, -0.2) is 0 Å². The molecule has 7 heavy (non-hydrogen) atoms. The molecule has 0 aliphatic rings. The van der Waals surface area contributed by atoms with Gasteiger partial charge < -0.3 is 9.87 Å². The van der Waals surface area contributed by atoms with Crippen molar-refractivity contribution in [1.29, 1.82) is 0 Å². The predicted molar refractivity (Wildman–Crippen MR) is 36.3 cm³/mol. The topological polar surface area (TPSA) is 32.3 Å². The summed E-state index contributed by atoms with van der Waals surface area (Å²) in [5, 5.41) is 2.73. The fourth-order valence-corrected chi connectivity index (χ4v) is 0.539. The van der Waals surface area contributed by atoms with E-state index in [9.17, 15) is 0 Å². The summed E-state index contributed by atoms with van der Waals surface area (Å²) >= 11 is 3.71. The molecule has 4 heteroatoms. The van der Waals surface area contributed by atoms with Crippen LogP contribution >= 0.6 is 28.0 Å². The molecule has 0 radical (unpaired) electrons. The van der Waals surface area contributed by atoms with Crippen LogP contribution in [-0.4, -0.2) is 11.6 Å². The van der Waals surface area contributed by atoms with Gasteiger partial charge in [0.25, 0.3) is 0 Å². The molecule has 0 heterocycles. The molecule has 0 atom stereocenters. The normalized spacial score (nSPS) is 11.6. The molecule has 0 amide bonds. The summed E-state index contributed by atoms with van der Waals surface area (Å²) in [6.07, 6.45) is 1.64. The van der Waals surface area contributed by atoms with E-state index >= 15 is 0 Å². The zero-order valence-corrected chi connectivity index (χ0v) is 6.21. The Kier molecular flexibility index (Phi) is 4.70. The number of nitrogens with one attached hydrogen (secondary N) is 1. The van der Waals surface area contributed by atoms with Crippen LogP contribution in [0.3, 0.4) is 0 Å². The molecule has 0 saturated carbocycles. The van der Waals surface area contributed by atoms with Gasteiger partial charge in [-0.2, -0.15) is 0 Å². The van der Waals surface area contributed by atoms with Gasteiger partial charge in [0.05, 0.1) is 3.81 Å². The molecule has 0 rings (SSSR count). The van der Waals surface area contributed by atoms with Crippen LogP contribution in [0.25, 0.3) is 0 Å². The Labute approximate surface area is 55.3 Å². The van der Waals surface area contributed by atoms with Crippen molar-refractivity contribution in [1.82, 2.24) is 5.32 Å². The molecule has 0 aromatic heterocycles. The Hall–Kier alpha value is 0.330. The van der Waals surface area contributed by atoms with Gasteiger partial charge in [-0.3, -0.25) is 0 Å². The molecule has 0 aliphatic heterocycles. The second-order valence-electron chi connectivity index (χ2n) is 0.828. The quantitative estimate of drug-likeness (QED) is 0.639. The Morgan fingerprint density at radius 1 is 2.00 bits per heavy atom. The number of halogens is 1. The van der Waals surface area contributed by atoms with Gasteiger partial charge in [0.2, 0.25) is 0 Å². The average Bonchev–Trinajstić information content (AvgIpc) is 1.68. The van der Waals surface area contributed by atoms with Crippen molar-refractivity contribution in [3.8, 4) is 0 Å². The van der Waals surface area contributed by atoms with E-state index in [1.165, 1.54) is 0 Å². The summed E-state index contributed by atoms with van der Waals surface area (Å²) in [5.74, 6) is 0. The molecule has 2 N–H and O–H groups in total. The van der Waals surface area contributed by atoms with E-state index in [0.29, 0.717) is 15.9 Å².